The molecule has 4 nitrogen and oxygen atoms in total. The summed E-state index contributed by atoms with van der Waals surface area (Å²) in [4.78, 5) is 12.8. The second-order valence-corrected chi connectivity index (χ2v) is 5.35. The van der Waals surface area contributed by atoms with E-state index in [9.17, 15) is 4.79 Å². The number of para-hydroxylation sites is 2. The molecular weight excluding hydrogens is 320 g/mol. The van der Waals surface area contributed by atoms with Crippen LogP contribution in [0.25, 0.3) is 0 Å². The first-order valence-corrected chi connectivity index (χ1v) is 6.91. The Morgan fingerprint density at radius 2 is 1.80 bits per heavy atom. The van der Waals surface area contributed by atoms with Gasteiger partial charge in [-0.2, -0.15) is 0 Å². The summed E-state index contributed by atoms with van der Waals surface area (Å²) in [7, 11) is 0. The highest BCUT2D eigenvalue weighted by atomic mass is 79.9. The van der Waals surface area contributed by atoms with Gasteiger partial charge in [-0.25, -0.2) is 0 Å². The predicted octanol–water partition coefficient (Wildman–Crippen LogP) is 3.12. The minimum absolute atomic E-state index is 0.0930. The largest absolute Gasteiger partial charge is 0.480 e. The lowest BCUT2D eigenvalue weighted by molar-refractivity contribution is -0.135. The van der Waals surface area contributed by atoms with Crippen molar-refractivity contribution < 1.29 is 9.90 Å². The van der Waals surface area contributed by atoms with Gasteiger partial charge in [0.15, 0.2) is 0 Å². The van der Waals surface area contributed by atoms with Crippen molar-refractivity contribution >= 4 is 33.3 Å². The van der Waals surface area contributed by atoms with Crippen molar-refractivity contribution in [2.24, 2.45) is 0 Å². The monoisotopic (exact) mass is 334 g/mol. The number of carboxylic acid groups (broad SMARTS) is 1. The third-order valence-electron chi connectivity index (χ3n) is 2.89. The van der Waals surface area contributed by atoms with Crippen LogP contribution in [0, 0.1) is 0 Å². The molecule has 20 heavy (non-hydrogen) atoms. The van der Waals surface area contributed by atoms with E-state index in [-0.39, 0.29) is 6.54 Å². The molecule has 0 aliphatic carbocycles. The number of aliphatic carboxylic acids is 1. The molecule has 0 atom stereocenters. The SMILES string of the molecule is Nc1ccccc1N(CC(=O)O)Cc1ccc(Br)cc1. The summed E-state index contributed by atoms with van der Waals surface area (Å²) in [6.07, 6.45) is 0. The van der Waals surface area contributed by atoms with Crippen LogP contribution in [0.1, 0.15) is 5.56 Å². The van der Waals surface area contributed by atoms with Crippen LogP contribution in [-0.4, -0.2) is 17.6 Å². The van der Waals surface area contributed by atoms with Crippen molar-refractivity contribution in [3.05, 3.63) is 58.6 Å². The molecule has 0 aliphatic heterocycles. The maximum atomic E-state index is 11.0. The maximum Gasteiger partial charge on any atom is 0.323 e. The Morgan fingerprint density at radius 3 is 2.40 bits per heavy atom. The van der Waals surface area contributed by atoms with Gasteiger partial charge in [0.25, 0.3) is 0 Å². The van der Waals surface area contributed by atoms with Crippen molar-refractivity contribution in [1.82, 2.24) is 0 Å². The van der Waals surface area contributed by atoms with Gasteiger partial charge in [0.2, 0.25) is 0 Å². The summed E-state index contributed by atoms with van der Waals surface area (Å²) in [5, 5.41) is 9.07. The van der Waals surface area contributed by atoms with Crippen molar-refractivity contribution in [3.8, 4) is 0 Å². The van der Waals surface area contributed by atoms with Gasteiger partial charge in [-0.05, 0) is 29.8 Å². The summed E-state index contributed by atoms with van der Waals surface area (Å²) in [6, 6.07) is 15.1. The highest BCUT2D eigenvalue weighted by Crippen LogP contribution is 2.24. The zero-order valence-electron chi connectivity index (χ0n) is 10.8. The highest BCUT2D eigenvalue weighted by molar-refractivity contribution is 9.10. The molecule has 0 heterocycles. The fraction of sp³-hybridized carbons (Fsp3) is 0.133. The molecule has 2 aromatic carbocycles. The van der Waals surface area contributed by atoms with E-state index in [1.54, 1.807) is 11.0 Å². The number of nitrogens with zero attached hydrogens (tertiary/aromatic N) is 1. The van der Waals surface area contributed by atoms with Crippen LogP contribution in [0.15, 0.2) is 53.0 Å². The first kappa shape index (κ1) is 14.4. The third kappa shape index (κ3) is 3.74. The third-order valence-corrected chi connectivity index (χ3v) is 3.42. The average Bonchev–Trinajstić information content (AvgIpc) is 2.41. The summed E-state index contributed by atoms with van der Waals surface area (Å²) >= 11 is 3.38. The predicted molar refractivity (Wildman–Crippen MR) is 83.7 cm³/mol. The molecule has 0 saturated carbocycles. The molecule has 3 N–H and O–H groups in total. The number of carbonyl (C=O) groups is 1. The Bertz CT molecular complexity index is 599. The zero-order chi connectivity index (χ0) is 14.5. The number of rotatable bonds is 5. The van der Waals surface area contributed by atoms with Gasteiger partial charge in [-0.15, -0.1) is 0 Å². The quantitative estimate of drug-likeness (QED) is 0.824. The molecule has 0 fully saturated rings. The molecule has 5 heteroatoms. The summed E-state index contributed by atoms with van der Waals surface area (Å²) in [5.41, 5.74) is 8.27. The topological polar surface area (TPSA) is 66.6 Å². The summed E-state index contributed by atoms with van der Waals surface area (Å²) in [5.74, 6) is -0.884. The lowest BCUT2D eigenvalue weighted by atomic mass is 10.2. The van der Waals surface area contributed by atoms with Crippen LogP contribution in [0.3, 0.4) is 0 Å². The molecule has 104 valence electrons. The second kappa shape index (κ2) is 6.43. The van der Waals surface area contributed by atoms with E-state index >= 15 is 0 Å². The average molecular weight is 335 g/mol. The molecule has 0 radical (unpaired) electrons. The minimum atomic E-state index is -0.884. The van der Waals surface area contributed by atoms with Crippen LogP contribution in [0.4, 0.5) is 11.4 Å². The molecule has 0 spiro atoms. The van der Waals surface area contributed by atoms with E-state index in [1.807, 2.05) is 42.5 Å². The Hall–Kier alpha value is -2.01. The molecule has 0 aromatic heterocycles. The lowest BCUT2D eigenvalue weighted by Gasteiger charge is -2.24. The van der Waals surface area contributed by atoms with Gasteiger partial charge in [0.1, 0.15) is 6.54 Å². The van der Waals surface area contributed by atoms with E-state index in [0.29, 0.717) is 12.2 Å². The van der Waals surface area contributed by atoms with Gasteiger partial charge < -0.3 is 15.7 Å². The smallest absolute Gasteiger partial charge is 0.323 e. The van der Waals surface area contributed by atoms with Crippen LogP contribution in [0.5, 0.6) is 0 Å². The van der Waals surface area contributed by atoms with Crippen LogP contribution in [0.2, 0.25) is 0 Å². The second-order valence-electron chi connectivity index (χ2n) is 4.44. The minimum Gasteiger partial charge on any atom is -0.480 e. The van der Waals surface area contributed by atoms with Crippen molar-refractivity contribution in [2.45, 2.75) is 6.54 Å². The van der Waals surface area contributed by atoms with Crippen molar-refractivity contribution in [2.75, 3.05) is 17.2 Å². The van der Waals surface area contributed by atoms with Gasteiger partial charge in [-0.1, -0.05) is 40.2 Å². The van der Waals surface area contributed by atoms with Gasteiger partial charge >= 0.3 is 5.97 Å². The van der Waals surface area contributed by atoms with Gasteiger partial charge in [0, 0.05) is 11.0 Å². The molecule has 0 aliphatic rings. The number of nitrogens with two attached hydrogens (primary N) is 1. The first-order valence-electron chi connectivity index (χ1n) is 6.12. The standard InChI is InChI=1S/C15H15BrN2O2/c16-12-7-5-11(6-8-12)9-18(10-15(19)20)14-4-2-1-3-13(14)17/h1-8H,9-10,17H2,(H,19,20). The van der Waals surface area contributed by atoms with E-state index in [4.69, 9.17) is 10.8 Å². The molecule has 0 saturated heterocycles. The van der Waals surface area contributed by atoms with E-state index < -0.39 is 5.97 Å². The highest BCUT2D eigenvalue weighted by Gasteiger charge is 2.13. The zero-order valence-corrected chi connectivity index (χ0v) is 12.4. The maximum absolute atomic E-state index is 11.0. The molecule has 2 rings (SSSR count). The fourth-order valence-electron chi connectivity index (χ4n) is 1.98. The summed E-state index contributed by atoms with van der Waals surface area (Å²) in [6.45, 7) is 0.401. The fourth-order valence-corrected chi connectivity index (χ4v) is 2.24. The van der Waals surface area contributed by atoms with Crippen molar-refractivity contribution in [1.29, 1.82) is 0 Å². The Kier molecular flexibility index (Phi) is 4.63. The molecule has 0 amide bonds. The molecule has 0 bridgehead atoms. The van der Waals surface area contributed by atoms with Crippen molar-refractivity contribution in [3.63, 3.8) is 0 Å². The number of benzene rings is 2. The van der Waals surface area contributed by atoms with E-state index in [1.165, 1.54) is 0 Å². The van der Waals surface area contributed by atoms with Crippen LogP contribution < -0.4 is 10.6 Å². The Labute approximate surface area is 126 Å². The molecule has 2 aromatic rings. The summed E-state index contributed by atoms with van der Waals surface area (Å²) < 4.78 is 0.991. The number of carboxylic acids is 1. The number of anilines is 2. The first-order chi connectivity index (χ1) is 9.56. The number of hydrogen-bond acceptors (Lipinski definition) is 3. The number of halogens is 1. The normalized spacial score (nSPS) is 10.2. The Morgan fingerprint density at radius 1 is 1.15 bits per heavy atom. The van der Waals surface area contributed by atoms with E-state index in [0.717, 1.165) is 15.7 Å². The lowest BCUT2D eigenvalue weighted by Crippen LogP contribution is -2.29. The number of hydrogen-bond donors (Lipinski definition) is 2. The Balaban J connectivity index is 2.26. The van der Waals surface area contributed by atoms with Gasteiger partial charge in [-0.3, -0.25) is 4.79 Å². The van der Waals surface area contributed by atoms with Gasteiger partial charge in [0.05, 0.1) is 11.4 Å². The molecular formula is C15H15BrN2O2. The van der Waals surface area contributed by atoms with Crippen LogP contribution in [-0.2, 0) is 11.3 Å². The number of nitrogen functional groups attached to an aromatic ring is 1. The molecule has 0 unspecified atom stereocenters. The van der Waals surface area contributed by atoms with E-state index in [2.05, 4.69) is 15.9 Å². The van der Waals surface area contributed by atoms with Crippen LogP contribution >= 0.6 is 15.9 Å².